The number of carbonyl (C=O) groups is 1. The predicted molar refractivity (Wildman–Crippen MR) is 79.0 cm³/mol. The van der Waals surface area contributed by atoms with E-state index in [1.54, 1.807) is 11.3 Å². The Bertz CT molecular complexity index is 510. The van der Waals surface area contributed by atoms with E-state index in [4.69, 9.17) is 5.73 Å². The van der Waals surface area contributed by atoms with Gasteiger partial charge in [0.05, 0.1) is 12.1 Å². The largest absolute Gasteiger partial charge is 0.347 e. The number of nitrogens with one attached hydrogen (secondary N) is 1. The van der Waals surface area contributed by atoms with Crippen molar-refractivity contribution in [2.24, 2.45) is 5.73 Å². The van der Waals surface area contributed by atoms with Crippen molar-refractivity contribution in [1.82, 2.24) is 5.32 Å². The summed E-state index contributed by atoms with van der Waals surface area (Å²) in [6.45, 7) is 1.97. The second kappa shape index (κ2) is 6.50. The number of nitrogens with two attached hydrogens (primary N) is 1. The number of hydrogen-bond donors (Lipinski definition) is 2. The number of carbonyl (C=O) groups excluding carboxylic acids is 1. The van der Waals surface area contributed by atoms with Gasteiger partial charge in [-0.1, -0.05) is 36.4 Å². The Balaban J connectivity index is 1.89. The quantitative estimate of drug-likeness (QED) is 0.880. The topological polar surface area (TPSA) is 55.1 Å². The first-order valence-electron chi connectivity index (χ1n) is 6.30. The van der Waals surface area contributed by atoms with E-state index in [-0.39, 0.29) is 11.9 Å². The van der Waals surface area contributed by atoms with Crippen LogP contribution in [0.15, 0.2) is 47.8 Å². The fraction of sp³-hybridized carbons (Fsp3) is 0.267. The summed E-state index contributed by atoms with van der Waals surface area (Å²) in [5.41, 5.74) is 7.02. The normalized spacial score (nSPS) is 13.8. The summed E-state index contributed by atoms with van der Waals surface area (Å²) >= 11 is 1.63. The van der Waals surface area contributed by atoms with Crippen LogP contribution >= 0.6 is 11.3 Å². The fourth-order valence-electron chi connectivity index (χ4n) is 1.89. The highest BCUT2D eigenvalue weighted by Gasteiger charge is 2.17. The van der Waals surface area contributed by atoms with Gasteiger partial charge in [-0.2, -0.15) is 0 Å². The number of amides is 1. The van der Waals surface area contributed by atoms with Crippen LogP contribution in [0.5, 0.6) is 0 Å². The zero-order valence-corrected chi connectivity index (χ0v) is 11.7. The lowest BCUT2D eigenvalue weighted by atomic mass is 10.1. The van der Waals surface area contributed by atoms with Crippen LogP contribution in [0.25, 0.3) is 0 Å². The Morgan fingerprint density at radius 2 is 2.00 bits per heavy atom. The lowest BCUT2D eigenvalue weighted by molar-refractivity contribution is -0.122. The predicted octanol–water partition coefficient (Wildman–Crippen LogP) is 2.50. The smallest absolute Gasteiger partial charge is 0.237 e. The van der Waals surface area contributed by atoms with Crippen LogP contribution in [0.4, 0.5) is 0 Å². The molecule has 4 heteroatoms. The maximum absolute atomic E-state index is 12.0. The Morgan fingerprint density at radius 1 is 1.26 bits per heavy atom. The van der Waals surface area contributed by atoms with Crippen molar-refractivity contribution in [3.05, 3.63) is 58.3 Å². The molecule has 1 amide bonds. The highest BCUT2D eigenvalue weighted by Crippen LogP contribution is 2.18. The van der Waals surface area contributed by atoms with Crippen LogP contribution in [-0.2, 0) is 11.2 Å². The molecular weight excluding hydrogens is 256 g/mol. The molecule has 0 aliphatic rings. The average Bonchev–Trinajstić information content (AvgIpc) is 2.93. The molecule has 0 saturated heterocycles. The number of hydrogen-bond acceptors (Lipinski definition) is 3. The van der Waals surface area contributed by atoms with Gasteiger partial charge in [-0.15, -0.1) is 11.3 Å². The molecule has 1 heterocycles. The molecule has 0 spiro atoms. The minimum atomic E-state index is -0.509. The van der Waals surface area contributed by atoms with E-state index >= 15 is 0 Å². The van der Waals surface area contributed by atoms with Gasteiger partial charge in [0.1, 0.15) is 0 Å². The zero-order chi connectivity index (χ0) is 13.7. The van der Waals surface area contributed by atoms with Crippen LogP contribution in [0.1, 0.15) is 23.4 Å². The number of thiophene rings is 1. The van der Waals surface area contributed by atoms with Crippen molar-refractivity contribution in [1.29, 1.82) is 0 Å². The minimum Gasteiger partial charge on any atom is -0.347 e. The molecule has 0 bridgehead atoms. The summed E-state index contributed by atoms with van der Waals surface area (Å²) in [7, 11) is 0. The lowest BCUT2D eigenvalue weighted by Crippen LogP contribution is -2.42. The number of rotatable bonds is 5. The van der Waals surface area contributed by atoms with Crippen LogP contribution in [0, 0.1) is 0 Å². The molecule has 19 heavy (non-hydrogen) atoms. The van der Waals surface area contributed by atoms with Crippen molar-refractivity contribution >= 4 is 17.2 Å². The molecule has 2 aromatic rings. The second-order valence-electron chi connectivity index (χ2n) is 4.54. The molecule has 3 nitrogen and oxygen atoms in total. The third kappa shape index (κ3) is 3.91. The van der Waals surface area contributed by atoms with Gasteiger partial charge in [-0.25, -0.2) is 0 Å². The van der Waals surface area contributed by atoms with Crippen LogP contribution in [-0.4, -0.2) is 11.9 Å². The third-order valence-corrected chi connectivity index (χ3v) is 4.02. The lowest BCUT2D eigenvalue weighted by Gasteiger charge is -2.16. The Kier molecular flexibility index (Phi) is 4.71. The van der Waals surface area contributed by atoms with Gasteiger partial charge in [-0.3, -0.25) is 4.79 Å². The van der Waals surface area contributed by atoms with Crippen LogP contribution < -0.4 is 11.1 Å². The Hall–Kier alpha value is -1.65. The van der Waals surface area contributed by atoms with Gasteiger partial charge in [-0.05, 0) is 30.4 Å². The van der Waals surface area contributed by atoms with Gasteiger partial charge >= 0.3 is 0 Å². The molecule has 3 N–H and O–H groups in total. The summed E-state index contributed by atoms with van der Waals surface area (Å²) in [6.07, 6.45) is 0.559. The van der Waals surface area contributed by atoms with Gasteiger partial charge in [0.15, 0.2) is 0 Å². The van der Waals surface area contributed by atoms with Crippen molar-refractivity contribution < 1.29 is 4.79 Å². The molecule has 0 fully saturated rings. The van der Waals surface area contributed by atoms with E-state index < -0.39 is 6.04 Å². The maximum atomic E-state index is 12.0. The molecule has 0 aliphatic carbocycles. The molecule has 100 valence electrons. The van der Waals surface area contributed by atoms with Gasteiger partial charge < -0.3 is 11.1 Å². The van der Waals surface area contributed by atoms with Crippen LogP contribution in [0.3, 0.4) is 0 Å². The monoisotopic (exact) mass is 274 g/mol. The van der Waals surface area contributed by atoms with E-state index in [0.717, 1.165) is 10.4 Å². The number of benzene rings is 1. The first-order valence-corrected chi connectivity index (χ1v) is 7.18. The van der Waals surface area contributed by atoms with E-state index in [0.29, 0.717) is 6.42 Å². The first kappa shape index (κ1) is 13.8. The van der Waals surface area contributed by atoms with E-state index in [9.17, 15) is 4.79 Å². The van der Waals surface area contributed by atoms with Gasteiger partial charge in [0, 0.05) is 4.88 Å². The summed E-state index contributed by atoms with van der Waals surface area (Å²) in [5, 5.41) is 4.95. The molecule has 1 aromatic carbocycles. The minimum absolute atomic E-state index is 0.00863. The van der Waals surface area contributed by atoms with E-state index in [1.165, 1.54) is 0 Å². The van der Waals surface area contributed by atoms with Gasteiger partial charge in [0.2, 0.25) is 5.91 Å². The standard InChI is InChI=1S/C15H18N2OS/c1-11(14-8-5-9-19-14)17-15(18)13(16)10-12-6-3-2-4-7-12/h2-9,11,13H,10,16H2,1H3,(H,17,18)/t11?,13-/m1/s1. The molecule has 1 aromatic heterocycles. The zero-order valence-electron chi connectivity index (χ0n) is 10.9. The van der Waals surface area contributed by atoms with Crippen molar-refractivity contribution in [2.75, 3.05) is 0 Å². The first-order chi connectivity index (χ1) is 9.16. The molecule has 0 radical (unpaired) electrons. The van der Waals surface area contributed by atoms with Crippen LogP contribution in [0.2, 0.25) is 0 Å². The Morgan fingerprint density at radius 3 is 2.63 bits per heavy atom. The van der Waals surface area contributed by atoms with E-state index in [1.807, 2.05) is 54.8 Å². The third-order valence-electron chi connectivity index (χ3n) is 2.96. The molecule has 0 saturated carbocycles. The highest BCUT2D eigenvalue weighted by atomic mass is 32.1. The molecule has 2 atom stereocenters. The summed E-state index contributed by atoms with van der Waals surface area (Å²) < 4.78 is 0. The summed E-state index contributed by atoms with van der Waals surface area (Å²) in [6, 6.07) is 13.3. The van der Waals surface area contributed by atoms with Crippen molar-refractivity contribution in [3.8, 4) is 0 Å². The van der Waals surface area contributed by atoms with Crippen molar-refractivity contribution in [2.45, 2.75) is 25.4 Å². The Labute approximate surface area is 117 Å². The summed E-state index contributed by atoms with van der Waals surface area (Å²) in [4.78, 5) is 13.2. The fourth-order valence-corrected chi connectivity index (χ4v) is 2.62. The summed E-state index contributed by atoms with van der Waals surface area (Å²) in [5.74, 6) is -0.107. The molecule has 1 unspecified atom stereocenters. The van der Waals surface area contributed by atoms with Crippen molar-refractivity contribution in [3.63, 3.8) is 0 Å². The highest BCUT2D eigenvalue weighted by molar-refractivity contribution is 7.10. The maximum Gasteiger partial charge on any atom is 0.237 e. The van der Waals surface area contributed by atoms with Gasteiger partial charge in [0.25, 0.3) is 0 Å². The molecule has 0 aliphatic heterocycles. The molecule has 2 rings (SSSR count). The second-order valence-corrected chi connectivity index (χ2v) is 5.52. The van der Waals surface area contributed by atoms with E-state index in [2.05, 4.69) is 5.32 Å². The SMILES string of the molecule is CC(NC(=O)[C@H](N)Cc1ccccc1)c1cccs1. The molecular formula is C15H18N2OS. The average molecular weight is 274 g/mol.